The molecule has 0 N–H and O–H groups in total. The number of fused-ring (bicyclic) bond motifs is 3. The van der Waals surface area contributed by atoms with Crippen molar-refractivity contribution < 1.29 is 74.6 Å². The minimum Gasteiger partial charge on any atom is -0.606 e. The van der Waals surface area contributed by atoms with Gasteiger partial charge in [-0.05, 0) is 60.8 Å². The fourth-order valence-electron chi connectivity index (χ4n) is 13.6. The zero-order valence-electron chi connectivity index (χ0n) is 53.6. The second-order valence-corrected chi connectivity index (χ2v) is 29.7. The molecule has 19 heteroatoms. The van der Waals surface area contributed by atoms with Crippen molar-refractivity contribution in [3.63, 3.8) is 0 Å². The van der Waals surface area contributed by atoms with E-state index in [4.69, 9.17) is 55.6 Å². The normalized spacial score (nSPS) is 24.5. The Bertz CT molecular complexity index is 2300. The van der Waals surface area contributed by atoms with E-state index in [0.29, 0.717) is 43.9 Å². The molecular formula is C69H109BrO16P2. The third-order valence-corrected chi connectivity index (χ3v) is 22.1. The number of benzene rings is 2. The van der Waals surface area contributed by atoms with Gasteiger partial charge in [0.1, 0.15) is 50.3 Å². The number of phosphoric ester groups is 2. The van der Waals surface area contributed by atoms with Gasteiger partial charge in [0.25, 0.3) is 0 Å². The number of rotatable bonds is 42. The van der Waals surface area contributed by atoms with Crippen molar-refractivity contribution in [2.24, 2.45) is 0 Å². The lowest BCUT2D eigenvalue weighted by atomic mass is 9.85. The van der Waals surface area contributed by atoms with Crippen molar-refractivity contribution >= 4 is 43.9 Å². The Morgan fingerprint density at radius 1 is 0.545 bits per heavy atom. The molecule has 0 amide bonds. The molecule has 2 aromatic carbocycles. The maximum atomic E-state index is 16.0. The Kier molecular flexibility index (Phi) is 31.4. The van der Waals surface area contributed by atoms with Crippen molar-refractivity contribution in [1.29, 1.82) is 0 Å². The third-order valence-electron chi connectivity index (χ3n) is 18.7. The third kappa shape index (κ3) is 22.9. The zero-order valence-corrected chi connectivity index (χ0v) is 57.0. The first-order valence-corrected chi connectivity index (χ1v) is 38.9. The minimum absolute atomic E-state index is 0.00117. The standard InChI is InChI=1S/C69H109BrO16P2/c1-3-5-7-9-11-13-15-17-19-21-23-25-29-43-60(71)75-53-59(80-61(72)44-30-26-24-22-20-18-16-14-12-10-8-6-4-2)54-79-88(74,76-50-56-40-32-31-39-55(56)49-70)86-67-64-62(81-68(83-64)45-35-27-36-46-68)66(63-65(67)84-69(82-63)47-37-28-38-48-69)85-87(73)77-51-57-41-33-34-42-58(57)52-78-87/h31-34,39-42,59,62-67H,3-30,35-38,43-54H2,1-2H3/t59-,62-,63+,64+,65+,66?,67?,88?/m1/s1. The second-order valence-electron chi connectivity index (χ2n) is 25.9. The van der Waals surface area contributed by atoms with Crippen LogP contribution in [0.25, 0.3) is 0 Å². The Morgan fingerprint density at radius 2 is 0.955 bits per heavy atom. The molecule has 498 valence electrons. The second kappa shape index (κ2) is 38.4. The van der Waals surface area contributed by atoms with Crippen LogP contribution in [-0.2, 0) is 94.9 Å². The number of unbranched alkanes of at least 4 members (excludes halogenated alkanes) is 24. The van der Waals surface area contributed by atoms with E-state index in [2.05, 4.69) is 29.8 Å². The van der Waals surface area contributed by atoms with Crippen molar-refractivity contribution in [2.75, 3.05) is 13.2 Å². The highest BCUT2D eigenvalue weighted by Gasteiger charge is 2.70. The summed E-state index contributed by atoms with van der Waals surface area (Å²) in [7, 11) is -9.10. The fourth-order valence-corrected chi connectivity index (χ4v) is 16.8. The predicted molar refractivity (Wildman–Crippen MR) is 343 cm³/mol. The SMILES string of the molecule is CCCCCCCCCCCCCCCC(=O)OC[C@H](COP(=O)(OCc1ccccc1CBr)OC1[C@H]2OC3(CCCCC3)O[C@@H]2C(O[P+]2([O-])OCc3ccccc3CO2)[C@@H]2OC3(CCCCC3)O[C@H]12)OC(=O)CCCCCCCCCCCCCCC. The van der Waals surface area contributed by atoms with Crippen LogP contribution in [0.5, 0.6) is 0 Å². The molecule has 0 bridgehead atoms. The number of alkyl halides is 1. The highest BCUT2D eigenvalue weighted by Crippen LogP contribution is 2.63. The quantitative estimate of drug-likeness (QED) is 0.0264. The van der Waals surface area contributed by atoms with Gasteiger partial charge in [-0.15, -0.1) is 0 Å². The van der Waals surface area contributed by atoms with Gasteiger partial charge in [-0.25, -0.2) is 4.57 Å². The van der Waals surface area contributed by atoms with Gasteiger partial charge in [-0.3, -0.25) is 23.2 Å². The number of ether oxygens (including phenoxy) is 6. The summed E-state index contributed by atoms with van der Waals surface area (Å²) in [4.78, 5) is 42.1. The summed E-state index contributed by atoms with van der Waals surface area (Å²) in [5.41, 5.74) is 3.32. The summed E-state index contributed by atoms with van der Waals surface area (Å²) >= 11 is 3.60. The first-order chi connectivity index (χ1) is 43.0. The molecule has 2 saturated heterocycles. The molecule has 3 aliphatic heterocycles. The number of halogens is 1. The van der Waals surface area contributed by atoms with Crippen molar-refractivity contribution in [2.45, 2.75) is 337 Å². The average Bonchev–Trinajstić information content (AvgIpc) is 1.57. The summed E-state index contributed by atoms with van der Waals surface area (Å²) in [6.45, 7) is 3.52. The molecule has 0 aromatic heterocycles. The topological polar surface area (TPSA) is 185 Å². The maximum Gasteiger partial charge on any atom is 0.475 e. The van der Waals surface area contributed by atoms with Crippen molar-refractivity contribution in [3.8, 4) is 0 Å². The van der Waals surface area contributed by atoms with Crippen LogP contribution in [0.4, 0.5) is 0 Å². The van der Waals surface area contributed by atoms with Crippen LogP contribution in [0.1, 0.15) is 280 Å². The van der Waals surface area contributed by atoms with Crippen molar-refractivity contribution in [3.05, 3.63) is 70.8 Å². The molecule has 6 aliphatic rings. The van der Waals surface area contributed by atoms with Crippen LogP contribution in [0, 0.1) is 0 Å². The van der Waals surface area contributed by atoms with E-state index in [-0.39, 0.29) is 39.3 Å². The Morgan fingerprint density at radius 3 is 1.41 bits per heavy atom. The zero-order chi connectivity index (χ0) is 61.8. The van der Waals surface area contributed by atoms with E-state index in [1.165, 1.54) is 116 Å². The Balaban J connectivity index is 0.971. The van der Waals surface area contributed by atoms with E-state index in [0.717, 1.165) is 99.3 Å². The van der Waals surface area contributed by atoms with Crippen LogP contribution in [0.2, 0.25) is 0 Å². The van der Waals surface area contributed by atoms with Crippen LogP contribution in [0.15, 0.2) is 48.5 Å². The van der Waals surface area contributed by atoms with E-state index >= 15 is 4.57 Å². The monoisotopic (exact) mass is 1330 g/mol. The number of esters is 2. The molecule has 8 rings (SSSR count). The minimum atomic E-state index is -4.80. The number of hydrogen-bond donors (Lipinski definition) is 0. The lowest BCUT2D eigenvalue weighted by molar-refractivity contribution is -0.270. The summed E-state index contributed by atoms with van der Waals surface area (Å²) in [5.74, 6) is -3.02. The molecule has 2 aromatic rings. The van der Waals surface area contributed by atoms with Gasteiger partial charge in [-0.2, -0.15) is 13.6 Å². The molecule has 8 atom stereocenters. The maximum absolute atomic E-state index is 16.0. The summed E-state index contributed by atoms with van der Waals surface area (Å²) < 4.78 is 94.8. The van der Waals surface area contributed by atoms with Gasteiger partial charge in [0.05, 0.1) is 13.2 Å². The number of phosphoric acid groups is 2. The van der Waals surface area contributed by atoms with E-state index < -0.39 is 88.8 Å². The Hall–Kier alpha value is -1.92. The van der Waals surface area contributed by atoms with Crippen LogP contribution < -0.4 is 4.89 Å². The largest absolute Gasteiger partial charge is 0.606 e. The van der Waals surface area contributed by atoms with Crippen LogP contribution >= 0.6 is 31.9 Å². The number of hydrogen-bond acceptors (Lipinski definition) is 16. The lowest BCUT2D eigenvalue weighted by Crippen LogP contribution is -2.63. The molecule has 3 unspecified atom stereocenters. The van der Waals surface area contributed by atoms with Crippen LogP contribution in [-0.4, -0.2) is 79.5 Å². The van der Waals surface area contributed by atoms with Crippen LogP contribution in [0.3, 0.4) is 0 Å². The molecule has 88 heavy (non-hydrogen) atoms. The van der Waals surface area contributed by atoms with E-state index in [1.54, 1.807) is 0 Å². The van der Waals surface area contributed by atoms with E-state index in [1.807, 2.05) is 48.5 Å². The lowest BCUT2D eigenvalue weighted by Gasteiger charge is -2.43. The van der Waals surface area contributed by atoms with Gasteiger partial charge in [0, 0.05) is 43.9 Å². The fraction of sp³-hybridized carbons (Fsp3) is 0.797. The summed E-state index contributed by atoms with van der Waals surface area (Å²) in [5, 5.41) is 0.502. The summed E-state index contributed by atoms with van der Waals surface area (Å²) in [6, 6.07) is 15.2. The molecule has 3 saturated carbocycles. The highest BCUT2D eigenvalue weighted by atomic mass is 79.9. The van der Waals surface area contributed by atoms with E-state index in [9.17, 15) is 14.5 Å². The average molecular weight is 1340 g/mol. The first-order valence-electron chi connectivity index (χ1n) is 34.9. The molecule has 16 nitrogen and oxygen atoms in total. The summed E-state index contributed by atoms with van der Waals surface area (Å²) in [6.07, 6.45) is 31.2. The molecule has 0 radical (unpaired) electrons. The predicted octanol–water partition coefficient (Wildman–Crippen LogP) is 18.1. The highest BCUT2D eigenvalue weighted by molar-refractivity contribution is 9.08. The van der Waals surface area contributed by atoms with Gasteiger partial charge < -0.3 is 33.3 Å². The number of carbonyl (C=O) groups is 2. The molecule has 5 fully saturated rings. The molecular weight excluding hydrogens is 1230 g/mol. The smallest absolute Gasteiger partial charge is 0.475 e. The number of carbonyl (C=O) groups excluding carboxylic acids is 2. The van der Waals surface area contributed by atoms with Gasteiger partial charge >= 0.3 is 27.9 Å². The van der Waals surface area contributed by atoms with Gasteiger partial charge in [-0.1, -0.05) is 245 Å². The van der Waals surface area contributed by atoms with Crippen molar-refractivity contribution in [1.82, 2.24) is 0 Å². The molecule has 3 heterocycles. The van der Waals surface area contributed by atoms with Gasteiger partial charge in [0.15, 0.2) is 23.8 Å². The molecule has 3 aliphatic carbocycles. The molecule has 2 spiro atoms. The first kappa shape index (κ1) is 71.9. The van der Waals surface area contributed by atoms with Gasteiger partial charge in [0.2, 0.25) is 0 Å². The Labute approximate surface area is 537 Å².